The van der Waals surface area contributed by atoms with E-state index in [0.717, 1.165) is 15.6 Å². The lowest BCUT2D eigenvalue weighted by Crippen LogP contribution is -1.90. The third-order valence-corrected chi connectivity index (χ3v) is 3.83. The van der Waals surface area contributed by atoms with Crippen molar-refractivity contribution in [1.82, 2.24) is 4.98 Å². The first-order valence-corrected chi connectivity index (χ1v) is 6.53. The van der Waals surface area contributed by atoms with E-state index in [-0.39, 0.29) is 0 Å². The summed E-state index contributed by atoms with van der Waals surface area (Å²) in [6.07, 6.45) is 1.76. The summed E-state index contributed by atoms with van der Waals surface area (Å²) in [6.45, 7) is 0. The van der Waals surface area contributed by atoms with Crippen LogP contribution in [-0.4, -0.2) is 12.0 Å². The Kier molecular flexibility index (Phi) is 4.15. The molecule has 0 spiro atoms. The van der Waals surface area contributed by atoms with Crippen molar-refractivity contribution in [2.24, 2.45) is 0 Å². The Bertz CT molecular complexity index is 532. The Morgan fingerprint density at radius 1 is 1.18 bits per heavy atom. The molecule has 0 bridgehead atoms. The number of pyridine rings is 1. The minimum atomic E-state index is 0.680. The summed E-state index contributed by atoms with van der Waals surface area (Å²) in [7, 11) is 1.84. The van der Waals surface area contributed by atoms with Gasteiger partial charge in [-0.2, -0.15) is 0 Å². The van der Waals surface area contributed by atoms with Gasteiger partial charge >= 0.3 is 0 Å². The fraction of sp³-hybridized carbons (Fsp3) is 0.0833. The second-order valence-corrected chi connectivity index (χ2v) is 5.26. The minimum Gasteiger partial charge on any atom is -0.373 e. The Morgan fingerprint density at radius 2 is 2.00 bits per heavy atom. The maximum absolute atomic E-state index is 6.11. The van der Waals surface area contributed by atoms with Gasteiger partial charge in [-0.05, 0) is 30.3 Å². The topological polar surface area (TPSA) is 24.9 Å². The number of nitrogens with zero attached hydrogens (tertiary/aromatic N) is 1. The number of nitrogens with one attached hydrogen (secondary N) is 1. The normalized spacial score (nSPS) is 10.3. The van der Waals surface area contributed by atoms with Crippen LogP contribution in [-0.2, 0) is 0 Å². The third-order valence-electron chi connectivity index (χ3n) is 2.11. The lowest BCUT2D eigenvalue weighted by Gasteiger charge is -2.06. The van der Waals surface area contributed by atoms with E-state index in [2.05, 4.69) is 10.3 Å². The van der Waals surface area contributed by atoms with Crippen molar-refractivity contribution < 1.29 is 0 Å². The SMILES string of the molecule is CNc1cc(Sc2cc(Cl)ccc2Cl)ccn1. The molecule has 0 aliphatic carbocycles. The first kappa shape index (κ1) is 12.6. The van der Waals surface area contributed by atoms with E-state index in [1.807, 2.05) is 25.2 Å². The minimum absolute atomic E-state index is 0.680. The van der Waals surface area contributed by atoms with Crippen LogP contribution in [0.2, 0.25) is 10.0 Å². The molecular formula is C12H10Cl2N2S. The molecule has 5 heteroatoms. The lowest BCUT2D eigenvalue weighted by atomic mass is 10.4. The zero-order valence-corrected chi connectivity index (χ0v) is 11.4. The van der Waals surface area contributed by atoms with E-state index in [4.69, 9.17) is 23.2 Å². The van der Waals surface area contributed by atoms with Crippen LogP contribution in [0, 0.1) is 0 Å². The van der Waals surface area contributed by atoms with Crippen LogP contribution in [0.4, 0.5) is 5.82 Å². The van der Waals surface area contributed by atoms with E-state index in [0.29, 0.717) is 10.0 Å². The summed E-state index contributed by atoms with van der Waals surface area (Å²) in [5.41, 5.74) is 0. The average molecular weight is 285 g/mol. The van der Waals surface area contributed by atoms with Crippen LogP contribution >= 0.6 is 35.0 Å². The van der Waals surface area contributed by atoms with Crippen LogP contribution in [0.15, 0.2) is 46.3 Å². The first-order valence-electron chi connectivity index (χ1n) is 4.96. The zero-order chi connectivity index (χ0) is 12.3. The molecule has 0 saturated carbocycles. The van der Waals surface area contributed by atoms with Gasteiger partial charge in [0.1, 0.15) is 5.82 Å². The molecule has 1 aromatic carbocycles. The molecule has 88 valence electrons. The van der Waals surface area contributed by atoms with Crippen molar-refractivity contribution in [3.05, 3.63) is 46.6 Å². The summed E-state index contributed by atoms with van der Waals surface area (Å²) in [6, 6.07) is 9.32. The van der Waals surface area contributed by atoms with Crippen LogP contribution < -0.4 is 5.32 Å². The van der Waals surface area contributed by atoms with Crippen molar-refractivity contribution >= 4 is 40.8 Å². The number of anilines is 1. The van der Waals surface area contributed by atoms with Crippen molar-refractivity contribution in [2.45, 2.75) is 9.79 Å². The highest BCUT2D eigenvalue weighted by atomic mass is 35.5. The summed E-state index contributed by atoms with van der Waals surface area (Å²) >= 11 is 13.6. The maximum atomic E-state index is 6.11. The number of hydrogen-bond donors (Lipinski definition) is 1. The summed E-state index contributed by atoms with van der Waals surface area (Å²) < 4.78 is 0. The predicted molar refractivity (Wildman–Crippen MR) is 74.4 cm³/mol. The quantitative estimate of drug-likeness (QED) is 0.893. The number of benzene rings is 1. The molecule has 0 aliphatic rings. The third kappa shape index (κ3) is 3.28. The van der Waals surface area contributed by atoms with Crippen molar-refractivity contribution in [1.29, 1.82) is 0 Å². The number of hydrogen-bond acceptors (Lipinski definition) is 3. The van der Waals surface area contributed by atoms with E-state index in [1.54, 1.807) is 30.1 Å². The average Bonchev–Trinajstić information content (AvgIpc) is 2.34. The van der Waals surface area contributed by atoms with Gasteiger partial charge in [0.25, 0.3) is 0 Å². The Labute approximate surface area is 114 Å². The molecule has 1 heterocycles. The molecule has 0 saturated heterocycles. The Hall–Kier alpha value is -0.900. The molecule has 0 fully saturated rings. The van der Waals surface area contributed by atoms with Gasteiger partial charge in [0.05, 0.1) is 5.02 Å². The second kappa shape index (κ2) is 5.63. The molecular weight excluding hydrogens is 275 g/mol. The number of rotatable bonds is 3. The summed E-state index contributed by atoms with van der Waals surface area (Å²) in [5, 5.41) is 4.37. The van der Waals surface area contributed by atoms with Crippen molar-refractivity contribution in [3.63, 3.8) is 0 Å². The van der Waals surface area contributed by atoms with Gasteiger partial charge in [0.15, 0.2) is 0 Å². The highest BCUT2D eigenvalue weighted by Gasteiger charge is 2.04. The van der Waals surface area contributed by atoms with Crippen molar-refractivity contribution in [3.8, 4) is 0 Å². The first-order chi connectivity index (χ1) is 8.19. The molecule has 2 rings (SSSR count). The molecule has 1 N–H and O–H groups in total. The monoisotopic (exact) mass is 284 g/mol. The molecule has 0 aliphatic heterocycles. The lowest BCUT2D eigenvalue weighted by molar-refractivity contribution is 1.23. The van der Waals surface area contributed by atoms with E-state index in [1.165, 1.54) is 0 Å². The molecule has 1 aromatic heterocycles. The van der Waals surface area contributed by atoms with Crippen LogP contribution in [0.25, 0.3) is 0 Å². The Morgan fingerprint density at radius 3 is 2.76 bits per heavy atom. The number of aromatic nitrogens is 1. The maximum Gasteiger partial charge on any atom is 0.126 e. The van der Waals surface area contributed by atoms with Gasteiger partial charge < -0.3 is 5.32 Å². The molecule has 0 amide bonds. The molecule has 2 nitrogen and oxygen atoms in total. The standard InChI is InChI=1S/C12H10Cl2N2S/c1-15-12-7-9(4-5-16-12)17-11-6-8(13)2-3-10(11)14/h2-7H,1H3,(H,15,16). The van der Waals surface area contributed by atoms with Gasteiger partial charge in [-0.25, -0.2) is 4.98 Å². The molecule has 17 heavy (non-hydrogen) atoms. The number of halogens is 2. The van der Waals surface area contributed by atoms with E-state index < -0.39 is 0 Å². The zero-order valence-electron chi connectivity index (χ0n) is 9.08. The smallest absolute Gasteiger partial charge is 0.126 e. The fourth-order valence-corrected chi connectivity index (χ4v) is 2.67. The van der Waals surface area contributed by atoms with Gasteiger partial charge in [0, 0.05) is 28.1 Å². The van der Waals surface area contributed by atoms with Crippen LogP contribution in [0.3, 0.4) is 0 Å². The van der Waals surface area contributed by atoms with Crippen LogP contribution in [0.1, 0.15) is 0 Å². The fourth-order valence-electron chi connectivity index (χ4n) is 1.29. The molecule has 0 radical (unpaired) electrons. The van der Waals surface area contributed by atoms with E-state index in [9.17, 15) is 0 Å². The Balaban J connectivity index is 2.27. The summed E-state index contributed by atoms with van der Waals surface area (Å²) in [5.74, 6) is 0.827. The van der Waals surface area contributed by atoms with Crippen LogP contribution in [0.5, 0.6) is 0 Å². The second-order valence-electron chi connectivity index (χ2n) is 3.30. The van der Waals surface area contributed by atoms with Gasteiger partial charge in [-0.1, -0.05) is 35.0 Å². The van der Waals surface area contributed by atoms with Gasteiger partial charge in [-0.3, -0.25) is 0 Å². The van der Waals surface area contributed by atoms with Gasteiger partial charge in [-0.15, -0.1) is 0 Å². The van der Waals surface area contributed by atoms with E-state index >= 15 is 0 Å². The largest absolute Gasteiger partial charge is 0.373 e. The van der Waals surface area contributed by atoms with Crippen molar-refractivity contribution in [2.75, 3.05) is 12.4 Å². The molecule has 0 atom stereocenters. The molecule has 2 aromatic rings. The highest BCUT2D eigenvalue weighted by Crippen LogP contribution is 2.35. The summed E-state index contributed by atoms with van der Waals surface area (Å²) in [4.78, 5) is 6.16. The van der Waals surface area contributed by atoms with Gasteiger partial charge in [0.2, 0.25) is 0 Å². The molecule has 0 unspecified atom stereocenters. The highest BCUT2D eigenvalue weighted by molar-refractivity contribution is 7.99. The predicted octanol–water partition coefficient (Wildman–Crippen LogP) is 4.58.